The van der Waals surface area contributed by atoms with Crippen molar-refractivity contribution in [1.29, 1.82) is 0 Å². The van der Waals surface area contributed by atoms with Gasteiger partial charge in [0, 0.05) is 10.9 Å². The second-order valence-corrected chi connectivity index (χ2v) is 8.42. The smallest absolute Gasteiger partial charge is 0.350 e. The molecule has 3 aromatic heterocycles. The summed E-state index contributed by atoms with van der Waals surface area (Å²) < 4.78 is 10.7. The van der Waals surface area contributed by atoms with Crippen molar-refractivity contribution in [2.24, 2.45) is 0 Å². The number of nitrogens with zero attached hydrogens (tertiary/aromatic N) is 2. The minimum Gasteiger partial charge on any atom is -0.462 e. The summed E-state index contributed by atoms with van der Waals surface area (Å²) in [6.45, 7) is 3.87. The number of hydrogen-bond acceptors (Lipinski definition) is 8. The summed E-state index contributed by atoms with van der Waals surface area (Å²) in [5.41, 5.74) is 1.90. The van der Waals surface area contributed by atoms with Crippen molar-refractivity contribution in [2.75, 3.05) is 11.9 Å². The van der Waals surface area contributed by atoms with Gasteiger partial charge in [-0.15, -0.1) is 11.3 Å². The van der Waals surface area contributed by atoms with Crippen LogP contribution in [0.2, 0.25) is 0 Å². The van der Waals surface area contributed by atoms with Crippen LogP contribution in [-0.4, -0.2) is 28.5 Å². The van der Waals surface area contributed by atoms with Crippen LogP contribution < -0.4 is 5.32 Å². The van der Waals surface area contributed by atoms with Crippen LogP contribution in [0.1, 0.15) is 28.0 Å². The standard InChI is InChI=1S/C22H19N3O4S2/c1-3-28-21(27)19-18(14-7-5-4-6-8-14)25-22(31-19)24-17(26)11-15-12-30-20(23-15)16-10-9-13(2)29-16/h4-10,12H,3,11H2,1-2H3,(H,24,25,26). The van der Waals surface area contributed by atoms with Gasteiger partial charge in [-0.1, -0.05) is 41.7 Å². The predicted octanol–water partition coefficient (Wildman–Crippen LogP) is 5.19. The van der Waals surface area contributed by atoms with Crippen molar-refractivity contribution in [3.63, 3.8) is 0 Å². The van der Waals surface area contributed by atoms with Crippen LogP contribution in [0, 0.1) is 6.92 Å². The second-order valence-electron chi connectivity index (χ2n) is 6.56. The number of ether oxygens (including phenoxy) is 1. The van der Waals surface area contributed by atoms with Gasteiger partial charge < -0.3 is 14.5 Å². The number of aryl methyl sites for hydroxylation is 1. The summed E-state index contributed by atoms with van der Waals surface area (Å²) in [7, 11) is 0. The summed E-state index contributed by atoms with van der Waals surface area (Å²) >= 11 is 2.51. The molecule has 31 heavy (non-hydrogen) atoms. The Morgan fingerprint density at radius 3 is 2.65 bits per heavy atom. The summed E-state index contributed by atoms with van der Waals surface area (Å²) in [6, 6.07) is 13.1. The third-order valence-corrected chi connectivity index (χ3v) is 6.08. The highest BCUT2D eigenvalue weighted by atomic mass is 32.1. The highest BCUT2D eigenvalue weighted by Gasteiger charge is 2.22. The molecule has 0 aliphatic rings. The molecule has 4 aromatic rings. The minimum atomic E-state index is -0.461. The van der Waals surface area contributed by atoms with Gasteiger partial charge in [-0.05, 0) is 26.0 Å². The predicted molar refractivity (Wildman–Crippen MR) is 120 cm³/mol. The number of amides is 1. The van der Waals surface area contributed by atoms with E-state index >= 15 is 0 Å². The zero-order valence-corrected chi connectivity index (χ0v) is 18.5. The van der Waals surface area contributed by atoms with Crippen molar-refractivity contribution >= 4 is 39.7 Å². The first-order chi connectivity index (χ1) is 15.0. The molecule has 158 valence electrons. The highest BCUT2D eigenvalue weighted by molar-refractivity contribution is 7.18. The Morgan fingerprint density at radius 1 is 1.13 bits per heavy atom. The van der Waals surface area contributed by atoms with Crippen LogP contribution in [0.4, 0.5) is 5.13 Å². The maximum atomic E-state index is 12.6. The fraction of sp³-hybridized carbons (Fsp3) is 0.182. The summed E-state index contributed by atoms with van der Waals surface area (Å²) in [4.78, 5) is 34.3. The number of hydrogen-bond donors (Lipinski definition) is 1. The Bertz CT molecular complexity index is 1210. The molecule has 0 radical (unpaired) electrons. The van der Waals surface area contributed by atoms with E-state index in [1.165, 1.54) is 11.3 Å². The molecule has 9 heteroatoms. The van der Waals surface area contributed by atoms with E-state index < -0.39 is 5.97 Å². The van der Waals surface area contributed by atoms with Crippen molar-refractivity contribution in [3.8, 4) is 22.0 Å². The highest BCUT2D eigenvalue weighted by Crippen LogP contribution is 2.32. The van der Waals surface area contributed by atoms with Crippen LogP contribution in [-0.2, 0) is 16.0 Å². The van der Waals surface area contributed by atoms with E-state index in [1.54, 1.807) is 6.92 Å². The van der Waals surface area contributed by atoms with Crippen molar-refractivity contribution in [1.82, 2.24) is 9.97 Å². The van der Waals surface area contributed by atoms with E-state index in [0.717, 1.165) is 27.7 Å². The third kappa shape index (κ3) is 4.89. The molecule has 1 amide bonds. The van der Waals surface area contributed by atoms with Crippen LogP contribution in [0.15, 0.2) is 52.3 Å². The van der Waals surface area contributed by atoms with Gasteiger partial charge in [0.1, 0.15) is 10.6 Å². The molecule has 0 atom stereocenters. The van der Waals surface area contributed by atoms with E-state index in [1.807, 2.05) is 54.8 Å². The Kier molecular flexibility index (Phi) is 6.24. The third-order valence-electron chi connectivity index (χ3n) is 4.23. The van der Waals surface area contributed by atoms with E-state index in [2.05, 4.69) is 15.3 Å². The van der Waals surface area contributed by atoms with Crippen LogP contribution >= 0.6 is 22.7 Å². The molecule has 0 bridgehead atoms. The fourth-order valence-electron chi connectivity index (χ4n) is 2.88. The van der Waals surface area contributed by atoms with Crippen LogP contribution in [0.5, 0.6) is 0 Å². The number of anilines is 1. The molecular weight excluding hydrogens is 434 g/mol. The molecule has 0 fully saturated rings. The molecule has 4 rings (SSSR count). The van der Waals surface area contributed by atoms with E-state index in [9.17, 15) is 9.59 Å². The van der Waals surface area contributed by atoms with Gasteiger partial charge in [0.2, 0.25) is 5.91 Å². The Labute approximate surface area is 186 Å². The average Bonchev–Trinajstić information content (AvgIpc) is 3.49. The lowest BCUT2D eigenvalue weighted by Crippen LogP contribution is -2.14. The summed E-state index contributed by atoms with van der Waals surface area (Å²) in [5, 5.41) is 5.66. The van der Waals surface area contributed by atoms with Gasteiger partial charge in [0.05, 0.1) is 24.4 Å². The maximum absolute atomic E-state index is 12.6. The zero-order chi connectivity index (χ0) is 21.8. The largest absolute Gasteiger partial charge is 0.462 e. The van der Waals surface area contributed by atoms with E-state index in [0.29, 0.717) is 27.2 Å². The van der Waals surface area contributed by atoms with Gasteiger partial charge in [0.25, 0.3) is 0 Å². The van der Waals surface area contributed by atoms with Crippen LogP contribution in [0.3, 0.4) is 0 Å². The average molecular weight is 454 g/mol. The molecule has 0 aliphatic heterocycles. The second kappa shape index (κ2) is 9.23. The molecule has 0 saturated heterocycles. The maximum Gasteiger partial charge on any atom is 0.350 e. The molecule has 3 heterocycles. The summed E-state index contributed by atoms with van der Waals surface area (Å²) in [6.07, 6.45) is 0.0885. The minimum absolute atomic E-state index is 0.0885. The Morgan fingerprint density at radius 2 is 1.94 bits per heavy atom. The van der Waals surface area contributed by atoms with Crippen LogP contribution in [0.25, 0.3) is 22.0 Å². The lowest BCUT2D eigenvalue weighted by molar-refractivity contribution is -0.115. The molecule has 0 spiro atoms. The SMILES string of the molecule is CCOC(=O)c1sc(NC(=O)Cc2csc(-c3ccc(C)o3)n2)nc1-c1ccccc1. The molecular formula is C22H19N3O4S2. The first kappa shape index (κ1) is 21.0. The zero-order valence-electron chi connectivity index (χ0n) is 16.9. The summed E-state index contributed by atoms with van der Waals surface area (Å²) in [5.74, 6) is 0.758. The number of benzene rings is 1. The lowest BCUT2D eigenvalue weighted by Gasteiger charge is -2.01. The normalized spacial score (nSPS) is 10.8. The van der Waals surface area contributed by atoms with Crippen molar-refractivity contribution in [3.05, 3.63) is 64.2 Å². The lowest BCUT2D eigenvalue weighted by atomic mass is 10.1. The number of carbonyl (C=O) groups is 2. The molecule has 7 nitrogen and oxygen atoms in total. The van der Waals surface area contributed by atoms with Gasteiger partial charge >= 0.3 is 5.97 Å². The number of rotatable bonds is 7. The van der Waals surface area contributed by atoms with E-state index in [-0.39, 0.29) is 18.9 Å². The fourth-order valence-corrected chi connectivity index (χ4v) is 4.56. The quantitative estimate of drug-likeness (QED) is 0.387. The van der Waals surface area contributed by atoms with Gasteiger partial charge in [-0.2, -0.15) is 0 Å². The Balaban J connectivity index is 1.50. The first-order valence-corrected chi connectivity index (χ1v) is 11.3. The van der Waals surface area contributed by atoms with Gasteiger partial charge in [0.15, 0.2) is 15.9 Å². The van der Waals surface area contributed by atoms with Crippen molar-refractivity contribution < 1.29 is 18.7 Å². The number of aromatic nitrogens is 2. The first-order valence-electron chi connectivity index (χ1n) is 9.58. The number of carbonyl (C=O) groups excluding carboxylic acids is 2. The molecule has 0 aliphatic carbocycles. The number of furan rings is 1. The topological polar surface area (TPSA) is 94.3 Å². The van der Waals surface area contributed by atoms with E-state index in [4.69, 9.17) is 9.15 Å². The monoisotopic (exact) mass is 453 g/mol. The number of nitrogens with one attached hydrogen (secondary N) is 1. The molecule has 0 saturated carbocycles. The molecule has 1 N–H and O–H groups in total. The van der Waals surface area contributed by atoms with Gasteiger partial charge in [-0.3, -0.25) is 4.79 Å². The molecule has 0 unspecified atom stereocenters. The number of thiazole rings is 2. The number of esters is 1. The molecule has 1 aromatic carbocycles. The van der Waals surface area contributed by atoms with Crippen molar-refractivity contribution in [2.45, 2.75) is 20.3 Å². The Hall–Kier alpha value is -3.30. The van der Waals surface area contributed by atoms with Gasteiger partial charge in [-0.25, -0.2) is 14.8 Å².